The first-order valence-electron chi connectivity index (χ1n) is 5.81. The molecule has 3 unspecified atom stereocenters. The van der Waals surface area contributed by atoms with Crippen molar-refractivity contribution in [3.8, 4) is 0 Å². The predicted molar refractivity (Wildman–Crippen MR) is 59.5 cm³/mol. The van der Waals surface area contributed by atoms with Gasteiger partial charge in [0.1, 0.15) is 0 Å². The van der Waals surface area contributed by atoms with Crippen molar-refractivity contribution in [2.24, 2.45) is 0 Å². The third-order valence-electron chi connectivity index (χ3n) is 3.13. The molecule has 1 aliphatic rings. The van der Waals surface area contributed by atoms with E-state index in [4.69, 9.17) is 0 Å². The molecule has 0 aromatic rings. The first-order chi connectivity index (χ1) is 7.15. The molecule has 3 N–H and O–H groups in total. The van der Waals surface area contributed by atoms with E-state index < -0.39 is 0 Å². The van der Waals surface area contributed by atoms with E-state index in [9.17, 15) is 9.90 Å². The first-order valence-corrected chi connectivity index (χ1v) is 5.81. The fourth-order valence-electron chi connectivity index (χ4n) is 1.90. The highest BCUT2D eigenvalue weighted by atomic mass is 16.3. The molecule has 0 aromatic heterocycles. The number of hydrogen-bond acceptors (Lipinski definition) is 3. The summed E-state index contributed by atoms with van der Waals surface area (Å²) < 4.78 is 0. The molecule has 1 fully saturated rings. The van der Waals surface area contributed by atoms with Gasteiger partial charge in [-0.25, -0.2) is 0 Å². The number of likely N-dealkylation sites (N-methyl/N-ethyl adjacent to an activating group) is 1. The number of carbonyl (C=O) groups excluding carboxylic acids is 1. The molecule has 1 amide bonds. The predicted octanol–water partition coefficient (Wildman–Crippen LogP) is 0.404. The van der Waals surface area contributed by atoms with Crippen molar-refractivity contribution >= 4 is 5.91 Å². The van der Waals surface area contributed by atoms with Gasteiger partial charge in [-0.3, -0.25) is 4.79 Å². The smallest absolute Gasteiger partial charge is 0.237 e. The van der Waals surface area contributed by atoms with Crippen molar-refractivity contribution in [3.05, 3.63) is 0 Å². The molecule has 0 heterocycles. The molecule has 3 atom stereocenters. The van der Waals surface area contributed by atoms with Crippen LogP contribution in [-0.2, 0) is 4.79 Å². The number of amides is 1. The van der Waals surface area contributed by atoms with E-state index >= 15 is 0 Å². The molecule has 0 saturated heterocycles. The number of hydrogen-bond donors (Lipinski definition) is 3. The normalized spacial score (nSPS) is 29.3. The van der Waals surface area contributed by atoms with E-state index in [0.29, 0.717) is 0 Å². The molecule has 15 heavy (non-hydrogen) atoms. The molecule has 4 nitrogen and oxygen atoms in total. The third kappa shape index (κ3) is 3.80. The number of carbonyl (C=O) groups is 1. The second-order valence-corrected chi connectivity index (χ2v) is 4.33. The summed E-state index contributed by atoms with van der Waals surface area (Å²) in [5, 5.41) is 15.6. The lowest BCUT2D eigenvalue weighted by atomic mass is 10.1. The van der Waals surface area contributed by atoms with Crippen molar-refractivity contribution in [1.29, 1.82) is 0 Å². The lowest BCUT2D eigenvalue weighted by Crippen LogP contribution is -2.49. The summed E-state index contributed by atoms with van der Waals surface area (Å²) in [5.74, 6) is -0.0246. The van der Waals surface area contributed by atoms with Crippen LogP contribution >= 0.6 is 0 Å². The topological polar surface area (TPSA) is 61.4 Å². The molecular weight excluding hydrogens is 192 g/mol. The summed E-state index contributed by atoms with van der Waals surface area (Å²) >= 11 is 0. The van der Waals surface area contributed by atoms with Crippen LogP contribution < -0.4 is 10.6 Å². The maximum absolute atomic E-state index is 11.6. The van der Waals surface area contributed by atoms with E-state index in [1.54, 1.807) is 7.05 Å². The van der Waals surface area contributed by atoms with Crippen molar-refractivity contribution < 1.29 is 9.90 Å². The first kappa shape index (κ1) is 12.5. The van der Waals surface area contributed by atoms with Crippen LogP contribution in [-0.4, -0.2) is 36.2 Å². The molecule has 1 saturated carbocycles. The Hall–Kier alpha value is -0.610. The zero-order valence-corrected chi connectivity index (χ0v) is 9.62. The summed E-state index contributed by atoms with van der Waals surface area (Å²) in [6.07, 6.45) is 4.64. The van der Waals surface area contributed by atoms with Crippen LogP contribution in [0.4, 0.5) is 0 Å². The Morgan fingerprint density at radius 1 is 1.33 bits per heavy atom. The van der Waals surface area contributed by atoms with Crippen LogP contribution in [0.5, 0.6) is 0 Å². The maximum Gasteiger partial charge on any atom is 0.237 e. The van der Waals surface area contributed by atoms with Gasteiger partial charge in [0.15, 0.2) is 0 Å². The highest BCUT2D eigenvalue weighted by molar-refractivity contribution is 5.81. The molecule has 88 valence electrons. The molecule has 0 bridgehead atoms. The van der Waals surface area contributed by atoms with Crippen LogP contribution in [0.25, 0.3) is 0 Å². The van der Waals surface area contributed by atoms with Crippen molar-refractivity contribution in [1.82, 2.24) is 10.6 Å². The lowest BCUT2D eigenvalue weighted by molar-refractivity contribution is -0.124. The SMILES string of the molecule is CNC(C)C(=O)NC1CCCCCC1O. The zero-order valence-electron chi connectivity index (χ0n) is 9.62. The fraction of sp³-hybridized carbons (Fsp3) is 0.909. The van der Waals surface area contributed by atoms with Gasteiger partial charge in [0.05, 0.1) is 18.2 Å². The van der Waals surface area contributed by atoms with E-state index in [2.05, 4.69) is 10.6 Å². The van der Waals surface area contributed by atoms with E-state index in [-0.39, 0.29) is 24.1 Å². The standard InChI is InChI=1S/C11H22N2O2/c1-8(12-2)11(15)13-9-6-4-3-5-7-10(9)14/h8-10,12,14H,3-7H2,1-2H3,(H,13,15). The minimum absolute atomic E-state index is 0.0246. The minimum Gasteiger partial charge on any atom is -0.391 e. The van der Waals surface area contributed by atoms with Gasteiger partial charge in [0.25, 0.3) is 0 Å². The minimum atomic E-state index is -0.375. The highest BCUT2D eigenvalue weighted by Crippen LogP contribution is 2.17. The summed E-state index contributed by atoms with van der Waals surface area (Å²) in [5.41, 5.74) is 0. The largest absolute Gasteiger partial charge is 0.391 e. The Labute approximate surface area is 91.4 Å². The molecule has 0 aromatic carbocycles. The van der Waals surface area contributed by atoms with Gasteiger partial charge in [-0.15, -0.1) is 0 Å². The monoisotopic (exact) mass is 214 g/mol. The Kier molecular flexibility index (Phi) is 5.05. The number of rotatable bonds is 3. The maximum atomic E-state index is 11.6. The third-order valence-corrected chi connectivity index (χ3v) is 3.13. The Morgan fingerprint density at radius 2 is 2.00 bits per heavy atom. The van der Waals surface area contributed by atoms with E-state index in [1.807, 2.05) is 6.92 Å². The van der Waals surface area contributed by atoms with Crippen molar-refractivity contribution in [2.45, 2.75) is 57.2 Å². The zero-order chi connectivity index (χ0) is 11.3. The van der Waals surface area contributed by atoms with Crippen LogP contribution in [0.2, 0.25) is 0 Å². The summed E-state index contributed by atoms with van der Waals surface area (Å²) in [7, 11) is 1.76. The van der Waals surface area contributed by atoms with E-state index in [0.717, 1.165) is 32.1 Å². The highest BCUT2D eigenvalue weighted by Gasteiger charge is 2.24. The molecule has 1 aliphatic carbocycles. The number of nitrogens with one attached hydrogen (secondary N) is 2. The molecule has 4 heteroatoms. The van der Waals surface area contributed by atoms with Crippen LogP contribution in [0.3, 0.4) is 0 Å². The van der Waals surface area contributed by atoms with E-state index in [1.165, 1.54) is 0 Å². The second kappa shape index (κ2) is 6.08. The van der Waals surface area contributed by atoms with Gasteiger partial charge < -0.3 is 15.7 Å². The Balaban J connectivity index is 2.44. The quantitative estimate of drug-likeness (QED) is 0.596. The van der Waals surface area contributed by atoms with Gasteiger partial charge >= 0.3 is 0 Å². The summed E-state index contributed by atoms with van der Waals surface area (Å²) in [6.45, 7) is 1.82. The van der Waals surface area contributed by atoms with Crippen molar-refractivity contribution in [3.63, 3.8) is 0 Å². The fourth-order valence-corrected chi connectivity index (χ4v) is 1.90. The molecule has 0 spiro atoms. The molecule has 0 radical (unpaired) electrons. The van der Waals surface area contributed by atoms with Gasteiger partial charge in [0, 0.05) is 0 Å². The average Bonchev–Trinajstić information content (AvgIpc) is 2.43. The second-order valence-electron chi connectivity index (χ2n) is 4.33. The number of aliphatic hydroxyl groups excluding tert-OH is 1. The summed E-state index contributed by atoms with van der Waals surface area (Å²) in [4.78, 5) is 11.6. The lowest BCUT2D eigenvalue weighted by Gasteiger charge is -2.23. The molecular formula is C11H22N2O2. The summed E-state index contributed by atoms with van der Waals surface area (Å²) in [6, 6.07) is -0.253. The van der Waals surface area contributed by atoms with Gasteiger partial charge in [-0.2, -0.15) is 0 Å². The van der Waals surface area contributed by atoms with Gasteiger partial charge in [-0.05, 0) is 26.8 Å². The van der Waals surface area contributed by atoms with Crippen LogP contribution in [0, 0.1) is 0 Å². The van der Waals surface area contributed by atoms with Gasteiger partial charge in [-0.1, -0.05) is 19.3 Å². The molecule has 1 rings (SSSR count). The van der Waals surface area contributed by atoms with Crippen LogP contribution in [0.1, 0.15) is 39.0 Å². The van der Waals surface area contributed by atoms with Gasteiger partial charge in [0.2, 0.25) is 5.91 Å². The number of aliphatic hydroxyl groups is 1. The Morgan fingerprint density at radius 3 is 2.67 bits per heavy atom. The van der Waals surface area contributed by atoms with Crippen LogP contribution in [0.15, 0.2) is 0 Å². The van der Waals surface area contributed by atoms with Crippen molar-refractivity contribution in [2.75, 3.05) is 7.05 Å². The average molecular weight is 214 g/mol. The molecule has 0 aliphatic heterocycles. The Bertz CT molecular complexity index is 209.